The zero-order chi connectivity index (χ0) is 19.2. The van der Waals surface area contributed by atoms with Crippen molar-refractivity contribution in [2.24, 2.45) is 7.05 Å². The predicted molar refractivity (Wildman–Crippen MR) is 106 cm³/mol. The molecule has 3 rings (SSSR count). The van der Waals surface area contributed by atoms with E-state index in [1.165, 1.54) is 11.8 Å². The number of ether oxygens (including phenoxy) is 1. The van der Waals surface area contributed by atoms with Crippen molar-refractivity contribution >= 4 is 23.0 Å². The molecule has 142 valence electrons. The number of hydrogen-bond acceptors (Lipinski definition) is 5. The third-order valence-corrected chi connectivity index (χ3v) is 5.71. The van der Waals surface area contributed by atoms with Crippen molar-refractivity contribution in [1.82, 2.24) is 14.7 Å². The highest BCUT2D eigenvalue weighted by Gasteiger charge is 2.38. The molecule has 2 heterocycles. The first-order valence-corrected chi connectivity index (χ1v) is 9.73. The summed E-state index contributed by atoms with van der Waals surface area (Å²) in [5.41, 5.74) is 1.72. The van der Waals surface area contributed by atoms with Crippen LogP contribution in [0, 0.1) is 0 Å². The first-order chi connectivity index (χ1) is 13.1. The normalized spacial score (nSPS) is 19.1. The molecule has 0 aliphatic carbocycles. The zero-order valence-electron chi connectivity index (χ0n) is 15.3. The van der Waals surface area contributed by atoms with Crippen LogP contribution >= 0.6 is 11.8 Å². The molecule has 1 aliphatic heterocycles. The Hall–Kier alpha value is -2.54. The average Bonchev–Trinajstić information content (AvgIpc) is 3.27. The highest BCUT2D eigenvalue weighted by atomic mass is 32.2. The molecule has 1 saturated heterocycles. The lowest BCUT2D eigenvalue weighted by molar-refractivity contribution is 0.106. The van der Waals surface area contributed by atoms with E-state index in [0.717, 1.165) is 12.1 Å². The van der Waals surface area contributed by atoms with Gasteiger partial charge in [-0.05, 0) is 12.5 Å². The third-order valence-electron chi connectivity index (χ3n) is 4.59. The molecule has 27 heavy (non-hydrogen) atoms. The second kappa shape index (κ2) is 8.90. The van der Waals surface area contributed by atoms with E-state index in [4.69, 9.17) is 4.74 Å². The summed E-state index contributed by atoms with van der Waals surface area (Å²) < 4.78 is 7.05. The largest absolute Gasteiger partial charge is 0.445 e. The van der Waals surface area contributed by atoms with Crippen LogP contribution in [0.2, 0.25) is 0 Å². The van der Waals surface area contributed by atoms with Crippen LogP contribution in [-0.4, -0.2) is 50.3 Å². The van der Waals surface area contributed by atoms with E-state index in [1.807, 2.05) is 48.1 Å². The number of likely N-dealkylation sites (tertiary alicyclic amines) is 1. The molecule has 2 unspecified atom stereocenters. The molecular formula is C20H23N3O3S. The van der Waals surface area contributed by atoms with Gasteiger partial charge >= 0.3 is 6.09 Å². The molecule has 7 heteroatoms. The van der Waals surface area contributed by atoms with E-state index < -0.39 is 0 Å². The van der Waals surface area contributed by atoms with Gasteiger partial charge in [0.1, 0.15) is 6.61 Å². The lowest BCUT2D eigenvalue weighted by Crippen LogP contribution is -2.38. The highest BCUT2D eigenvalue weighted by Crippen LogP contribution is 2.32. The number of benzene rings is 1. The lowest BCUT2D eigenvalue weighted by Gasteiger charge is -2.23. The Kier molecular flexibility index (Phi) is 6.34. The van der Waals surface area contributed by atoms with Crippen LogP contribution in [0.4, 0.5) is 4.79 Å². The van der Waals surface area contributed by atoms with E-state index in [0.29, 0.717) is 18.5 Å². The fourth-order valence-electron chi connectivity index (χ4n) is 3.23. The number of nitrogens with zero attached hydrogens (tertiary/aromatic N) is 3. The quantitative estimate of drug-likeness (QED) is 0.714. The van der Waals surface area contributed by atoms with Crippen LogP contribution < -0.4 is 0 Å². The summed E-state index contributed by atoms with van der Waals surface area (Å²) in [7, 11) is 1.88. The van der Waals surface area contributed by atoms with Gasteiger partial charge in [-0.25, -0.2) is 4.79 Å². The number of rotatable bonds is 6. The summed E-state index contributed by atoms with van der Waals surface area (Å²) in [5, 5.41) is 4.26. The topological polar surface area (TPSA) is 64.4 Å². The van der Waals surface area contributed by atoms with Gasteiger partial charge in [0.05, 0.1) is 0 Å². The number of amides is 1. The Morgan fingerprint density at radius 3 is 2.78 bits per heavy atom. The van der Waals surface area contributed by atoms with Crippen LogP contribution in [0.15, 0.2) is 55.3 Å². The van der Waals surface area contributed by atoms with E-state index in [1.54, 1.807) is 17.2 Å². The first kappa shape index (κ1) is 19.2. The summed E-state index contributed by atoms with van der Waals surface area (Å²) in [4.78, 5) is 26.7. The number of thioether (sulfide) groups is 1. The van der Waals surface area contributed by atoms with Gasteiger partial charge in [-0.3, -0.25) is 9.48 Å². The fourth-order valence-corrected chi connectivity index (χ4v) is 4.35. The van der Waals surface area contributed by atoms with Crippen molar-refractivity contribution in [1.29, 1.82) is 0 Å². The summed E-state index contributed by atoms with van der Waals surface area (Å²) in [6.45, 7) is 4.25. The molecular weight excluding hydrogens is 362 g/mol. The maximum Gasteiger partial charge on any atom is 0.410 e. The Bertz CT molecular complexity index is 806. The Labute approximate surface area is 163 Å². The van der Waals surface area contributed by atoms with Crippen LogP contribution in [0.3, 0.4) is 0 Å². The van der Waals surface area contributed by atoms with Crippen molar-refractivity contribution in [2.45, 2.75) is 24.1 Å². The van der Waals surface area contributed by atoms with Gasteiger partial charge in [-0.2, -0.15) is 5.10 Å². The monoisotopic (exact) mass is 385 g/mol. The molecule has 1 amide bonds. The highest BCUT2D eigenvalue weighted by molar-refractivity contribution is 8.14. The summed E-state index contributed by atoms with van der Waals surface area (Å²) >= 11 is 1.29. The predicted octanol–water partition coefficient (Wildman–Crippen LogP) is 3.30. The number of aryl methyl sites for hydroxylation is 1. The Balaban J connectivity index is 1.70. The van der Waals surface area contributed by atoms with E-state index in [2.05, 4.69) is 11.7 Å². The number of carbonyl (C=O) groups excluding carboxylic acids is 2. The van der Waals surface area contributed by atoms with Gasteiger partial charge in [0.15, 0.2) is 0 Å². The van der Waals surface area contributed by atoms with E-state index in [9.17, 15) is 9.59 Å². The molecule has 0 bridgehead atoms. The first-order valence-electron chi connectivity index (χ1n) is 8.85. The molecule has 1 fully saturated rings. The molecule has 1 aromatic carbocycles. The average molecular weight is 385 g/mol. The summed E-state index contributed by atoms with van der Waals surface area (Å²) in [6.07, 6.45) is 4.34. The van der Waals surface area contributed by atoms with Crippen LogP contribution in [0.5, 0.6) is 0 Å². The van der Waals surface area contributed by atoms with Gasteiger partial charge in [0.25, 0.3) is 0 Å². The van der Waals surface area contributed by atoms with Crippen molar-refractivity contribution in [3.8, 4) is 0 Å². The Morgan fingerprint density at radius 2 is 2.11 bits per heavy atom. The number of carbonyl (C=O) groups is 2. The summed E-state index contributed by atoms with van der Waals surface area (Å²) in [6, 6.07) is 11.1. The standard InChI is InChI=1S/C20H23N3O3S/c1-3-11-26-20(25)23-14-18(27-19(24)15-7-5-4-6-8-15)13-17(23)12-16-9-10-21-22(16)2/h3-10,17-18H,1,11-14H2,2H3. The maximum absolute atomic E-state index is 12.5. The minimum absolute atomic E-state index is 0.0289. The molecule has 0 saturated carbocycles. The molecule has 6 nitrogen and oxygen atoms in total. The third kappa shape index (κ3) is 4.80. The zero-order valence-corrected chi connectivity index (χ0v) is 16.1. The molecule has 1 aromatic heterocycles. The Morgan fingerprint density at radius 1 is 1.33 bits per heavy atom. The molecule has 2 atom stereocenters. The van der Waals surface area contributed by atoms with Crippen LogP contribution in [0.25, 0.3) is 0 Å². The molecule has 0 spiro atoms. The van der Waals surface area contributed by atoms with E-state index >= 15 is 0 Å². The van der Waals surface area contributed by atoms with Crippen LogP contribution in [-0.2, 0) is 18.2 Å². The van der Waals surface area contributed by atoms with Gasteiger partial charge in [-0.15, -0.1) is 0 Å². The SMILES string of the molecule is C=CCOC(=O)N1CC(SC(=O)c2ccccc2)CC1Cc1ccnn1C. The van der Waals surface area contributed by atoms with E-state index in [-0.39, 0.29) is 29.1 Å². The maximum atomic E-state index is 12.5. The minimum atomic E-state index is -0.364. The number of aromatic nitrogens is 2. The minimum Gasteiger partial charge on any atom is -0.445 e. The fraction of sp³-hybridized carbons (Fsp3) is 0.350. The van der Waals surface area contributed by atoms with Crippen molar-refractivity contribution in [2.75, 3.05) is 13.2 Å². The smallest absolute Gasteiger partial charge is 0.410 e. The lowest BCUT2D eigenvalue weighted by atomic mass is 10.1. The van der Waals surface area contributed by atoms with Crippen molar-refractivity contribution in [3.63, 3.8) is 0 Å². The van der Waals surface area contributed by atoms with Crippen molar-refractivity contribution in [3.05, 3.63) is 66.5 Å². The van der Waals surface area contributed by atoms with Gasteiger partial charge in [0.2, 0.25) is 5.12 Å². The summed E-state index contributed by atoms with van der Waals surface area (Å²) in [5.74, 6) is 0. The van der Waals surface area contributed by atoms with Gasteiger partial charge in [-0.1, -0.05) is 54.7 Å². The molecule has 2 aromatic rings. The van der Waals surface area contributed by atoms with Gasteiger partial charge < -0.3 is 9.64 Å². The second-order valence-electron chi connectivity index (χ2n) is 6.45. The van der Waals surface area contributed by atoms with Crippen LogP contribution in [0.1, 0.15) is 22.5 Å². The second-order valence-corrected chi connectivity index (χ2v) is 7.72. The number of hydrogen-bond donors (Lipinski definition) is 0. The molecule has 0 radical (unpaired) electrons. The molecule has 1 aliphatic rings. The molecule has 0 N–H and O–H groups in total. The van der Waals surface area contributed by atoms with Gasteiger partial charge in [0, 0.05) is 48.8 Å². The van der Waals surface area contributed by atoms with Crippen molar-refractivity contribution < 1.29 is 14.3 Å².